The molecule has 1 saturated heterocycles. The number of carbonyl (C=O) groups is 1. The van der Waals surface area contributed by atoms with Gasteiger partial charge in [-0.05, 0) is 44.7 Å². The predicted molar refractivity (Wildman–Crippen MR) is 87.4 cm³/mol. The standard InChI is InChI=1S/C18H27NO3/c1-13-7-8-14(2)19(10-13)11-17(21)12-22-18-6-4-5-16(9-18)15(3)20/h4-6,9,13-14,17,21H,7-8,10-12H2,1-3H3. The zero-order chi connectivity index (χ0) is 16.1. The number of piperidine rings is 1. The van der Waals surface area contributed by atoms with Crippen molar-refractivity contribution in [3.05, 3.63) is 29.8 Å². The van der Waals surface area contributed by atoms with Crippen molar-refractivity contribution >= 4 is 5.78 Å². The van der Waals surface area contributed by atoms with Gasteiger partial charge in [-0.2, -0.15) is 0 Å². The molecule has 1 fully saturated rings. The Morgan fingerprint density at radius 1 is 1.41 bits per heavy atom. The first-order valence-electron chi connectivity index (χ1n) is 8.11. The molecule has 0 aliphatic carbocycles. The van der Waals surface area contributed by atoms with Crippen LogP contribution in [-0.2, 0) is 0 Å². The van der Waals surface area contributed by atoms with Crippen LogP contribution in [0.4, 0.5) is 0 Å². The minimum atomic E-state index is -0.520. The molecule has 4 nitrogen and oxygen atoms in total. The molecule has 0 spiro atoms. The summed E-state index contributed by atoms with van der Waals surface area (Å²) in [6, 6.07) is 7.62. The average Bonchev–Trinajstić information content (AvgIpc) is 2.49. The first-order chi connectivity index (χ1) is 10.5. The fourth-order valence-electron chi connectivity index (χ4n) is 2.96. The van der Waals surface area contributed by atoms with Crippen LogP contribution in [0.3, 0.4) is 0 Å². The molecule has 1 aromatic carbocycles. The highest BCUT2D eigenvalue weighted by atomic mass is 16.5. The van der Waals surface area contributed by atoms with E-state index in [4.69, 9.17) is 4.74 Å². The molecule has 122 valence electrons. The van der Waals surface area contributed by atoms with E-state index < -0.39 is 6.10 Å². The van der Waals surface area contributed by atoms with Crippen molar-refractivity contribution in [1.29, 1.82) is 0 Å². The molecule has 4 heteroatoms. The number of aliphatic hydroxyl groups is 1. The van der Waals surface area contributed by atoms with E-state index in [2.05, 4.69) is 18.7 Å². The van der Waals surface area contributed by atoms with Gasteiger partial charge in [-0.15, -0.1) is 0 Å². The number of hydrogen-bond acceptors (Lipinski definition) is 4. The lowest BCUT2D eigenvalue weighted by Crippen LogP contribution is -2.46. The van der Waals surface area contributed by atoms with Crippen molar-refractivity contribution in [2.75, 3.05) is 19.7 Å². The van der Waals surface area contributed by atoms with E-state index in [1.807, 2.05) is 6.07 Å². The van der Waals surface area contributed by atoms with E-state index in [9.17, 15) is 9.90 Å². The Morgan fingerprint density at radius 3 is 2.91 bits per heavy atom. The van der Waals surface area contributed by atoms with Crippen LogP contribution in [0.15, 0.2) is 24.3 Å². The van der Waals surface area contributed by atoms with Gasteiger partial charge in [0.05, 0.1) is 0 Å². The summed E-state index contributed by atoms with van der Waals surface area (Å²) in [5, 5.41) is 10.2. The van der Waals surface area contributed by atoms with E-state index in [1.165, 1.54) is 19.8 Å². The lowest BCUT2D eigenvalue weighted by atomic mass is 9.95. The summed E-state index contributed by atoms with van der Waals surface area (Å²) in [5.74, 6) is 1.34. The third kappa shape index (κ3) is 4.82. The molecular weight excluding hydrogens is 278 g/mol. The Hall–Kier alpha value is -1.39. The maximum atomic E-state index is 11.4. The summed E-state index contributed by atoms with van der Waals surface area (Å²) < 4.78 is 5.63. The van der Waals surface area contributed by atoms with Gasteiger partial charge in [0, 0.05) is 24.7 Å². The van der Waals surface area contributed by atoms with Crippen LogP contribution in [0.1, 0.15) is 44.0 Å². The van der Waals surface area contributed by atoms with Gasteiger partial charge in [0.1, 0.15) is 18.5 Å². The first kappa shape index (κ1) is 17.0. The van der Waals surface area contributed by atoms with Gasteiger partial charge >= 0.3 is 0 Å². The van der Waals surface area contributed by atoms with Crippen LogP contribution < -0.4 is 4.74 Å². The molecule has 1 aliphatic rings. The zero-order valence-electron chi connectivity index (χ0n) is 13.8. The molecule has 1 aromatic rings. The fraction of sp³-hybridized carbons (Fsp3) is 0.611. The van der Waals surface area contributed by atoms with E-state index in [0.717, 1.165) is 6.54 Å². The maximum absolute atomic E-state index is 11.4. The molecule has 0 bridgehead atoms. The van der Waals surface area contributed by atoms with E-state index in [0.29, 0.717) is 29.8 Å². The van der Waals surface area contributed by atoms with E-state index >= 15 is 0 Å². The smallest absolute Gasteiger partial charge is 0.159 e. The van der Waals surface area contributed by atoms with Crippen molar-refractivity contribution < 1.29 is 14.6 Å². The summed E-state index contributed by atoms with van der Waals surface area (Å²) >= 11 is 0. The largest absolute Gasteiger partial charge is 0.491 e. The monoisotopic (exact) mass is 305 g/mol. The van der Waals surface area contributed by atoms with Crippen LogP contribution in [0, 0.1) is 5.92 Å². The van der Waals surface area contributed by atoms with Gasteiger partial charge in [0.25, 0.3) is 0 Å². The van der Waals surface area contributed by atoms with Crippen LogP contribution >= 0.6 is 0 Å². The highest BCUT2D eigenvalue weighted by Crippen LogP contribution is 2.21. The van der Waals surface area contributed by atoms with Gasteiger partial charge in [0.15, 0.2) is 5.78 Å². The number of ketones is 1. The molecule has 0 aromatic heterocycles. The predicted octanol–water partition coefficient (Wildman–Crippen LogP) is 2.75. The van der Waals surface area contributed by atoms with Gasteiger partial charge in [-0.1, -0.05) is 19.1 Å². The van der Waals surface area contributed by atoms with E-state index in [-0.39, 0.29) is 12.4 Å². The van der Waals surface area contributed by atoms with Gasteiger partial charge in [0.2, 0.25) is 0 Å². The van der Waals surface area contributed by atoms with Gasteiger partial charge < -0.3 is 9.84 Å². The third-order valence-corrected chi connectivity index (χ3v) is 4.37. The highest BCUT2D eigenvalue weighted by Gasteiger charge is 2.24. The van der Waals surface area contributed by atoms with Crippen LogP contribution in [-0.4, -0.2) is 47.6 Å². The zero-order valence-corrected chi connectivity index (χ0v) is 13.8. The second-order valence-corrected chi connectivity index (χ2v) is 6.53. The van der Waals surface area contributed by atoms with Crippen molar-refractivity contribution in [3.63, 3.8) is 0 Å². The molecule has 3 unspecified atom stereocenters. The average molecular weight is 305 g/mol. The number of aliphatic hydroxyl groups excluding tert-OH is 1. The topological polar surface area (TPSA) is 49.8 Å². The van der Waals surface area contributed by atoms with Crippen molar-refractivity contribution in [1.82, 2.24) is 4.90 Å². The molecule has 0 saturated carbocycles. The molecule has 0 radical (unpaired) electrons. The normalized spacial score (nSPS) is 24.0. The summed E-state index contributed by atoms with van der Waals surface area (Å²) in [6.07, 6.45) is 1.94. The van der Waals surface area contributed by atoms with Crippen LogP contribution in [0.2, 0.25) is 0 Å². The van der Waals surface area contributed by atoms with Crippen molar-refractivity contribution in [3.8, 4) is 5.75 Å². The number of nitrogens with zero attached hydrogens (tertiary/aromatic N) is 1. The van der Waals surface area contributed by atoms with Crippen LogP contribution in [0.25, 0.3) is 0 Å². The van der Waals surface area contributed by atoms with Crippen molar-refractivity contribution in [2.45, 2.75) is 45.8 Å². The molecule has 1 aliphatic heterocycles. The molecule has 2 rings (SSSR count). The number of rotatable bonds is 6. The molecule has 0 amide bonds. The lowest BCUT2D eigenvalue weighted by molar-refractivity contribution is 0.0329. The van der Waals surface area contributed by atoms with E-state index in [1.54, 1.807) is 18.2 Å². The molecule has 3 atom stereocenters. The minimum absolute atomic E-state index is 0.0159. The summed E-state index contributed by atoms with van der Waals surface area (Å²) in [7, 11) is 0. The Labute approximate surface area is 133 Å². The van der Waals surface area contributed by atoms with Crippen molar-refractivity contribution in [2.24, 2.45) is 5.92 Å². The number of benzene rings is 1. The minimum Gasteiger partial charge on any atom is -0.491 e. The second kappa shape index (κ2) is 7.75. The number of carbonyl (C=O) groups excluding carboxylic acids is 1. The molecular formula is C18H27NO3. The Kier molecular flexibility index (Phi) is 5.98. The summed E-state index contributed by atoms with van der Waals surface area (Å²) in [5.41, 5.74) is 0.630. The Morgan fingerprint density at radius 2 is 2.18 bits per heavy atom. The fourth-order valence-corrected chi connectivity index (χ4v) is 2.96. The number of ether oxygens (including phenoxy) is 1. The molecule has 1 heterocycles. The summed E-state index contributed by atoms with van der Waals surface area (Å²) in [6.45, 7) is 7.94. The Bertz CT molecular complexity index is 503. The van der Waals surface area contributed by atoms with Gasteiger partial charge in [-0.25, -0.2) is 0 Å². The van der Waals surface area contributed by atoms with Crippen LogP contribution in [0.5, 0.6) is 5.75 Å². The third-order valence-electron chi connectivity index (χ3n) is 4.37. The first-order valence-corrected chi connectivity index (χ1v) is 8.11. The number of likely N-dealkylation sites (tertiary alicyclic amines) is 1. The Balaban J connectivity index is 1.83. The highest BCUT2D eigenvalue weighted by molar-refractivity contribution is 5.94. The summed E-state index contributed by atoms with van der Waals surface area (Å²) in [4.78, 5) is 13.7. The number of β-amino-alcohol motifs (C(OH)–C–C–N with tert-alkyl or cyclic N) is 1. The maximum Gasteiger partial charge on any atom is 0.159 e. The molecule has 22 heavy (non-hydrogen) atoms. The quantitative estimate of drug-likeness (QED) is 0.821. The lowest BCUT2D eigenvalue weighted by Gasteiger charge is -2.37. The SMILES string of the molecule is CC(=O)c1cccc(OCC(O)CN2CC(C)CCC2C)c1. The number of Topliss-reactive ketones (excluding diaryl/α,β-unsaturated/α-hetero) is 1. The molecule has 1 N–H and O–H groups in total. The van der Waals surface area contributed by atoms with Gasteiger partial charge in [-0.3, -0.25) is 9.69 Å². The number of hydrogen-bond donors (Lipinski definition) is 1. The second-order valence-electron chi connectivity index (χ2n) is 6.53.